The van der Waals surface area contributed by atoms with Crippen LogP contribution in [0.1, 0.15) is 6.42 Å². The Morgan fingerprint density at radius 2 is 2.21 bits per heavy atom. The maximum Gasteiger partial charge on any atom is 0.136 e. The first-order valence-electron chi connectivity index (χ1n) is 6.09. The molecule has 1 aromatic carbocycles. The predicted molar refractivity (Wildman–Crippen MR) is 72.7 cm³/mol. The molecule has 0 saturated heterocycles. The molecule has 0 aromatic heterocycles. The monoisotopic (exact) mass is 333 g/mol. The van der Waals surface area contributed by atoms with Crippen molar-refractivity contribution < 1.29 is 18.6 Å². The largest absolute Gasteiger partial charge is 0.486 e. The Kier molecular flexibility index (Phi) is 5.15. The van der Waals surface area contributed by atoms with E-state index in [1.165, 1.54) is 12.1 Å². The highest BCUT2D eigenvalue weighted by Crippen LogP contribution is 2.32. The number of hydrogen-bond donors (Lipinski definition) is 1. The van der Waals surface area contributed by atoms with Crippen molar-refractivity contribution in [1.29, 1.82) is 0 Å². The van der Waals surface area contributed by atoms with Crippen LogP contribution < -0.4 is 10.5 Å². The lowest BCUT2D eigenvalue weighted by molar-refractivity contribution is -0.107. The lowest BCUT2D eigenvalue weighted by atomic mass is 9.86. The van der Waals surface area contributed by atoms with Gasteiger partial charge in [-0.15, -0.1) is 0 Å². The first-order valence-corrected chi connectivity index (χ1v) is 6.89. The highest BCUT2D eigenvalue weighted by molar-refractivity contribution is 9.10. The standard InChI is InChI=1S/C13H17BrFNO3/c1-17-4-5-18-13-10(16)7-12(13)19-11-6-8(15)2-3-9(11)14/h2-3,6,10,12-13H,4-5,7,16H2,1H3. The minimum absolute atomic E-state index is 0.0470. The summed E-state index contributed by atoms with van der Waals surface area (Å²) in [5.41, 5.74) is 5.89. The van der Waals surface area contributed by atoms with Crippen LogP contribution in [-0.4, -0.2) is 38.6 Å². The molecule has 3 atom stereocenters. The molecule has 0 bridgehead atoms. The van der Waals surface area contributed by atoms with Gasteiger partial charge < -0.3 is 19.9 Å². The second-order valence-corrected chi connectivity index (χ2v) is 5.31. The van der Waals surface area contributed by atoms with Gasteiger partial charge in [-0.2, -0.15) is 0 Å². The van der Waals surface area contributed by atoms with Crippen LogP contribution >= 0.6 is 15.9 Å². The van der Waals surface area contributed by atoms with Crippen molar-refractivity contribution in [1.82, 2.24) is 0 Å². The molecule has 6 heteroatoms. The minimum atomic E-state index is -0.335. The smallest absolute Gasteiger partial charge is 0.136 e. The summed E-state index contributed by atoms with van der Waals surface area (Å²) in [7, 11) is 1.61. The van der Waals surface area contributed by atoms with Gasteiger partial charge in [0.25, 0.3) is 0 Å². The summed E-state index contributed by atoms with van der Waals surface area (Å²) in [4.78, 5) is 0. The van der Waals surface area contributed by atoms with Crippen LogP contribution in [0.4, 0.5) is 4.39 Å². The molecular weight excluding hydrogens is 317 g/mol. The Morgan fingerprint density at radius 1 is 1.42 bits per heavy atom. The molecule has 2 rings (SSSR count). The zero-order chi connectivity index (χ0) is 13.8. The van der Waals surface area contributed by atoms with E-state index in [4.69, 9.17) is 19.9 Å². The van der Waals surface area contributed by atoms with Crippen molar-refractivity contribution in [2.75, 3.05) is 20.3 Å². The van der Waals surface area contributed by atoms with Gasteiger partial charge in [0, 0.05) is 25.6 Å². The Labute approximate surface area is 120 Å². The van der Waals surface area contributed by atoms with E-state index >= 15 is 0 Å². The summed E-state index contributed by atoms with van der Waals surface area (Å²) in [6.45, 7) is 0.985. The molecule has 1 aromatic rings. The van der Waals surface area contributed by atoms with Crippen LogP contribution in [0.15, 0.2) is 22.7 Å². The van der Waals surface area contributed by atoms with Crippen LogP contribution in [0.25, 0.3) is 0 Å². The Hall–Kier alpha value is -0.690. The van der Waals surface area contributed by atoms with Crippen molar-refractivity contribution in [3.63, 3.8) is 0 Å². The van der Waals surface area contributed by atoms with Gasteiger partial charge in [-0.3, -0.25) is 0 Å². The van der Waals surface area contributed by atoms with Crippen molar-refractivity contribution in [2.24, 2.45) is 5.73 Å². The molecule has 0 amide bonds. The van der Waals surface area contributed by atoms with Crippen molar-refractivity contribution in [3.05, 3.63) is 28.5 Å². The Bertz CT molecular complexity index is 432. The molecule has 0 aliphatic heterocycles. The number of rotatable bonds is 6. The molecule has 19 heavy (non-hydrogen) atoms. The molecule has 0 spiro atoms. The molecule has 4 nitrogen and oxygen atoms in total. The van der Waals surface area contributed by atoms with E-state index in [0.29, 0.717) is 29.9 Å². The number of benzene rings is 1. The highest BCUT2D eigenvalue weighted by atomic mass is 79.9. The number of methoxy groups -OCH3 is 1. The summed E-state index contributed by atoms with van der Waals surface area (Å²) < 4.78 is 30.1. The van der Waals surface area contributed by atoms with Gasteiger partial charge in [0.2, 0.25) is 0 Å². The fourth-order valence-electron chi connectivity index (χ4n) is 1.96. The first kappa shape index (κ1) is 14.7. The van der Waals surface area contributed by atoms with Gasteiger partial charge in [-0.05, 0) is 28.1 Å². The third-order valence-electron chi connectivity index (χ3n) is 3.06. The van der Waals surface area contributed by atoms with Crippen LogP contribution in [0.5, 0.6) is 5.75 Å². The van der Waals surface area contributed by atoms with E-state index in [2.05, 4.69) is 15.9 Å². The molecule has 3 unspecified atom stereocenters. The van der Waals surface area contributed by atoms with E-state index in [1.54, 1.807) is 13.2 Å². The minimum Gasteiger partial charge on any atom is -0.486 e. The Morgan fingerprint density at radius 3 is 2.89 bits per heavy atom. The van der Waals surface area contributed by atoms with Gasteiger partial charge in [0.1, 0.15) is 23.8 Å². The van der Waals surface area contributed by atoms with Crippen LogP contribution in [0.3, 0.4) is 0 Å². The summed E-state index contributed by atoms with van der Waals surface area (Å²) in [5, 5.41) is 0. The fourth-order valence-corrected chi connectivity index (χ4v) is 2.30. The van der Waals surface area contributed by atoms with Gasteiger partial charge in [-0.1, -0.05) is 0 Å². The van der Waals surface area contributed by atoms with E-state index in [9.17, 15) is 4.39 Å². The van der Waals surface area contributed by atoms with Crippen LogP contribution in [-0.2, 0) is 9.47 Å². The molecular formula is C13H17BrFNO3. The number of hydrogen-bond acceptors (Lipinski definition) is 4. The average Bonchev–Trinajstić information content (AvgIpc) is 2.38. The molecule has 0 radical (unpaired) electrons. The van der Waals surface area contributed by atoms with E-state index in [1.807, 2.05) is 0 Å². The van der Waals surface area contributed by atoms with E-state index < -0.39 is 0 Å². The number of nitrogens with two attached hydrogens (primary N) is 1. The summed E-state index contributed by atoms with van der Waals surface area (Å²) in [6.07, 6.45) is 0.371. The zero-order valence-corrected chi connectivity index (χ0v) is 12.2. The van der Waals surface area contributed by atoms with Gasteiger partial charge in [-0.25, -0.2) is 4.39 Å². The Balaban J connectivity index is 1.93. The quantitative estimate of drug-likeness (QED) is 0.810. The van der Waals surface area contributed by atoms with Gasteiger partial charge >= 0.3 is 0 Å². The summed E-state index contributed by atoms with van der Waals surface area (Å²) in [6, 6.07) is 4.29. The molecule has 1 aliphatic rings. The average molecular weight is 334 g/mol. The maximum absolute atomic E-state index is 13.2. The van der Waals surface area contributed by atoms with Crippen LogP contribution in [0, 0.1) is 5.82 Å². The zero-order valence-electron chi connectivity index (χ0n) is 10.6. The molecule has 2 N–H and O–H groups in total. The molecule has 0 heterocycles. The number of ether oxygens (including phenoxy) is 3. The topological polar surface area (TPSA) is 53.7 Å². The lowest BCUT2D eigenvalue weighted by Gasteiger charge is -2.41. The van der Waals surface area contributed by atoms with Gasteiger partial charge in [0.05, 0.1) is 17.7 Å². The maximum atomic E-state index is 13.2. The second-order valence-electron chi connectivity index (χ2n) is 4.46. The molecule has 1 aliphatic carbocycles. The highest BCUT2D eigenvalue weighted by Gasteiger charge is 2.41. The van der Waals surface area contributed by atoms with Crippen molar-refractivity contribution >= 4 is 15.9 Å². The lowest BCUT2D eigenvalue weighted by Crippen LogP contribution is -2.59. The van der Waals surface area contributed by atoms with Crippen molar-refractivity contribution in [3.8, 4) is 5.75 Å². The van der Waals surface area contributed by atoms with Gasteiger partial charge in [0.15, 0.2) is 0 Å². The second kappa shape index (κ2) is 6.65. The molecule has 1 saturated carbocycles. The van der Waals surface area contributed by atoms with Crippen molar-refractivity contribution in [2.45, 2.75) is 24.7 Å². The summed E-state index contributed by atoms with van der Waals surface area (Å²) in [5.74, 6) is 0.135. The first-order chi connectivity index (χ1) is 9.11. The predicted octanol–water partition coefficient (Wildman–Crippen LogP) is 2.10. The number of halogens is 2. The van der Waals surface area contributed by atoms with Crippen LogP contribution in [0.2, 0.25) is 0 Å². The molecule has 106 valence electrons. The fraction of sp³-hybridized carbons (Fsp3) is 0.538. The third-order valence-corrected chi connectivity index (χ3v) is 3.72. The van der Waals surface area contributed by atoms with E-state index in [0.717, 1.165) is 0 Å². The molecule has 1 fully saturated rings. The third kappa shape index (κ3) is 3.66. The summed E-state index contributed by atoms with van der Waals surface area (Å²) >= 11 is 3.33. The van der Waals surface area contributed by atoms with E-state index in [-0.39, 0.29) is 24.1 Å². The normalized spacial score (nSPS) is 26.0. The SMILES string of the molecule is COCCOC1C(N)CC1Oc1cc(F)ccc1Br.